The number of hydrogen-bond acceptors (Lipinski definition) is 2. The van der Waals surface area contributed by atoms with E-state index < -0.39 is 12.2 Å². The molecule has 3 nitrogen and oxygen atoms in total. The standard InChI is InChI=1S/C16H21F3N2O/c1-12-6-8-13(9-7-12)4-2-3-5-14(16(17,18)19)21-11-10-15(22)20-21/h6-9,14H,2-5,10-11H2,1H3,(H,20,22). The number of benzene rings is 1. The molecule has 1 saturated heterocycles. The molecule has 6 heteroatoms. The first-order chi connectivity index (χ1) is 10.4. The van der Waals surface area contributed by atoms with Gasteiger partial charge >= 0.3 is 6.18 Å². The summed E-state index contributed by atoms with van der Waals surface area (Å²) in [5, 5.41) is 1.04. The SMILES string of the molecule is Cc1ccc(CCCCC(N2CCC(=O)N2)C(F)(F)F)cc1. The molecule has 22 heavy (non-hydrogen) atoms. The van der Waals surface area contributed by atoms with Crippen molar-refractivity contribution in [1.82, 2.24) is 10.4 Å². The molecule has 1 unspecified atom stereocenters. The van der Waals surface area contributed by atoms with Crippen molar-refractivity contribution in [3.05, 3.63) is 35.4 Å². The number of rotatable bonds is 6. The van der Waals surface area contributed by atoms with E-state index in [2.05, 4.69) is 5.43 Å². The van der Waals surface area contributed by atoms with Crippen molar-refractivity contribution in [3.8, 4) is 0 Å². The Kier molecular flexibility index (Phi) is 5.45. The van der Waals surface area contributed by atoms with E-state index in [1.807, 2.05) is 31.2 Å². The van der Waals surface area contributed by atoms with Crippen molar-refractivity contribution < 1.29 is 18.0 Å². The molecule has 1 heterocycles. The van der Waals surface area contributed by atoms with E-state index in [0.717, 1.165) is 17.0 Å². The van der Waals surface area contributed by atoms with Crippen molar-refractivity contribution in [3.63, 3.8) is 0 Å². The zero-order valence-corrected chi connectivity index (χ0v) is 12.6. The minimum absolute atomic E-state index is 0.00956. The molecule has 0 saturated carbocycles. The van der Waals surface area contributed by atoms with Gasteiger partial charge in [0.15, 0.2) is 0 Å². The zero-order chi connectivity index (χ0) is 16.2. The van der Waals surface area contributed by atoms with Crippen LogP contribution in [0.1, 0.15) is 36.8 Å². The monoisotopic (exact) mass is 314 g/mol. The van der Waals surface area contributed by atoms with Crippen LogP contribution in [-0.4, -0.2) is 29.7 Å². The molecule has 0 spiro atoms. The van der Waals surface area contributed by atoms with Gasteiger partial charge in [0.1, 0.15) is 6.04 Å². The van der Waals surface area contributed by atoms with Gasteiger partial charge in [-0.15, -0.1) is 0 Å². The Morgan fingerprint density at radius 2 is 1.91 bits per heavy atom. The Balaban J connectivity index is 1.81. The second-order valence-corrected chi connectivity index (χ2v) is 5.77. The zero-order valence-electron chi connectivity index (χ0n) is 12.6. The predicted molar refractivity (Wildman–Crippen MR) is 78.0 cm³/mol. The summed E-state index contributed by atoms with van der Waals surface area (Å²) in [5.74, 6) is -0.339. The van der Waals surface area contributed by atoms with Gasteiger partial charge in [-0.3, -0.25) is 10.2 Å². The molecule has 1 N–H and O–H groups in total. The van der Waals surface area contributed by atoms with E-state index in [9.17, 15) is 18.0 Å². The quantitative estimate of drug-likeness (QED) is 0.817. The maximum Gasteiger partial charge on any atom is 0.405 e. The van der Waals surface area contributed by atoms with Gasteiger partial charge in [-0.1, -0.05) is 36.2 Å². The fraction of sp³-hybridized carbons (Fsp3) is 0.562. The van der Waals surface area contributed by atoms with E-state index in [0.29, 0.717) is 12.8 Å². The number of amides is 1. The maximum atomic E-state index is 13.1. The third-order valence-electron chi connectivity index (χ3n) is 3.92. The summed E-state index contributed by atoms with van der Waals surface area (Å²) in [6.07, 6.45) is -2.22. The second-order valence-electron chi connectivity index (χ2n) is 5.77. The molecule has 1 aliphatic rings. The highest BCUT2D eigenvalue weighted by Crippen LogP contribution is 2.29. The summed E-state index contributed by atoms with van der Waals surface area (Å²) >= 11 is 0. The number of unbranched alkanes of at least 4 members (excludes halogenated alkanes) is 1. The fourth-order valence-electron chi connectivity index (χ4n) is 2.65. The van der Waals surface area contributed by atoms with E-state index in [-0.39, 0.29) is 25.3 Å². The minimum Gasteiger partial charge on any atom is -0.288 e. The topological polar surface area (TPSA) is 32.3 Å². The van der Waals surface area contributed by atoms with Gasteiger partial charge in [0, 0.05) is 13.0 Å². The number of nitrogens with one attached hydrogen (secondary N) is 1. The minimum atomic E-state index is -4.32. The van der Waals surface area contributed by atoms with Gasteiger partial charge < -0.3 is 0 Å². The number of carbonyl (C=O) groups excluding carboxylic acids is 1. The lowest BCUT2D eigenvalue weighted by atomic mass is 10.0. The smallest absolute Gasteiger partial charge is 0.288 e. The van der Waals surface area contributed by atoms with Gasteiger partial charge in [-0.2, -0.15) is 13.2 Å². The summed E-state index contributed by atoms with van der Waals surface area (Å²) in [7, 11) is 0. The van der Waals surface area contributed by atoms with E-state index >= 15 is 0 Å². The van der Waals surface area contributed by atoms with Crippen LogP contribution >= 0.6 is 0 Å². The van der Waals surface area contributed by atoms with E-state index in [4.69, 9.17) is 0 Å². The van der Waals surface area contributed by atoms with Crippen LogP contribution in [0.25, 0.3) is 0 Å². The molecule has 0 aromatic heterocycles. The van der Waals surface area contributed by atoms with Crippen LogP contribution in [0, 0.1) is 6.92 Å². The van der Waals surface area contributed by atoms with Crippen LogP contribution in [0.15, 0.2) is 24.3 Å². The molecule has 1 fully saturated rings. The summed E-state index contributed by atoms with van der Waals surface area (Å²) in [5.41, 5.74) is 4.61. The lowest BCUT2D eigenvalue weighted by Gasteiger charge is -2.28. The lowest BCUT2D eigenvalue weighted by Crippen LogP contribution is -2.49. The molecular formula is C16H21F3N2O. The summed E-state index contributed by atoms with van der Waals surface area (Å²) in [6, 6.07) is 6.45. The normalized spacial score (nSPS) is 17.5. The Morgan fingerprint density at radius 3 is 2.45 bits per heavy atom. The number of carbonyl (C=O) groups is 1. The molecule has 1 aliphatic heterocycles. The number of hydrogen-bond donors (Lipinski definition) is 1. The van der Waals surface area contributed by atoms with Crippen LogP contribution in [-0.2, 0) is 11.2 Å². The first kappa shape index (κ1) is 16.8. The van der Waals surface area contributed by atoms with Gasteiger partial charge in [0.25, 0.3) is 0 Å². The molecule has 1 aromatic carbocycles. The number of nitrogens with zero attached hydrogens (tertiary/aromatic N) is 1. The number of aryl methyl sites for hydroxylation is 2. The van der Waals surface area contributed by atoms with Crippen molar-refractivity contribution in [2.45, 2.75) is 51.2 Å². The number of halogens is 3. The Bertz CT molecular complexity index is 499. The van der Waals surface area contributed by atoms with Gasteiger partial charge in [0.05, 0.1) is 0 Å². The lowest BCUT2D eigenvalue weighted by molar-refractivity contribution is -0.190. The Labute approximate surface area is 128 Å². The van der Waals surface area contributed by atoms with Crippen molar-refractivity contribution >= 4 is 5.91 Å². The number of alkyl halides is 3. The van der Waals surface area contributed by atoms with E-state index in [1.54, 1.807) is 0 Å². The third kappa shape index (κ3) is 4.73. The summed E-state index contributed by atoms with van der Waals surface area (Å²) in [6.45, 7) is 2.13. The van der Waals surface area contributed by atoms with Crippen molar-refractivity contribution in [1.29, 1.82) is 0 Å². The first-order valence-corrected chi connectivity index (χ1v) is 7.54. The Morgan fingerprint density at radius 1 is 1.23 bits per heavy atom. The molecular weight excluding hydrogens is 293 g/mol. The largest absolute Gasteiger partial charge is 0.405 e. The molecule has 122 valence electrons. The van der Waals surface area contributed by atoms with Crippen LogP contribution in [0.4, 0.5) is 13.2 Å². The van der Waals surface area contributed by atoms with Crippen molar-refractivity contribution in [2.24, 2.45) is 0 Å². The summed E-state index contributed by atoms with van der Waals surface area (Å²) in [4.78, 5) is 11.1. The van der Waals surface area contributed by atoms with Gasteiger partial charge in [-0.25, -0.2) is 5.01 Å². The maximum absolute atomic E-state index is 13.1. The third-order valence-corrected chi connectivity index (χ3v) is 3.92. The molecule has 1 aromatic rings. The molecule has 0 bridgehead atoms. The molecule has 2 rings (SSSR count). The number of hydrazine groups is 1. The first-order valence-electron chi connectivity index (χ1n) is 7.54. The molecule has 0 radical (unpaired) electrons. The average molecular weight is 314 g/mol. The molecule has 1 atom stereocenters. The van der Waals surface area contributed by atoms with Crippen LogP contribution in [0.3, 0.4) is 0 Å². The highest BCUT2D eigenvalue weighted by Gasteiger charge is 2.45. The molecule has 0 aliphatic carbocycles. The van der Waals surface area contributed by atoms with Gasteiger partial charge in [-0.05, 0) is 31.7 Å². The fourth-order valence-corrected chi connectivity index (χ4v) is 2.65. The van der Waals surface area contributed by atoms with Crippen LogP contribution in [0.5, 0.6) is 0 Å². The highest BCUT2D eigenvalue weighted by molar-refractivity contribution is 5.77. The predicted octanol–water partition coefficient (Wildman–Crippen LogP) is 3.38. The molecule has 1 amide bonds. The van der Waals surface area contributed by atoms with Crippen LogP contribution < -0.4 is 5.43 Å². The van der Waals surface area contributed by atoms with Crippen LogP contribution in [0.2, 0.25) is 0 Å². The van der Waals surface area contributed by atoms with Crippen molar-refractivity contribution in [2.75, 3.05) is 6.54 Å². The summed E-state index contributed by atoms with van der Waals surface area (Å²) < 4.78 is 39.3. The van der Waals surface area contributed by atoms with E-state index in [1.165, 1.54) is 5.56 Å². The average Bonchev–Trinajstić information content (AvgIpc) is 2.85. The highest BCUT2D eigenvalue weighted by atomic mass is 19.4. The second kappa shape index (κ2) is 7.13. The Hall–Kier alpha value is -1.56. The van der Waals surface area contributed by atoms with Gasteiger partial charge in [0.2, 0.25) is 5.91 Å².